The molecule has 0 radical (unpaired) electrons. The SMILES string of the molecule is C#CCCc1nn(CCC)c(=O)n1Cc1ccc(-c2ccccc2C(=O)O)cc1. The molecule has 148 valence electrons. The van der Waals surface area contributed by atoms with Crippen LogP contribution in [0.4, 0.5) is 0 Å². The number of carboxylic acid groups (broad SMARTS) is 1. The van der Waals surface area contributed by atoms with Crippen molar-refractivity contribution in [3.63, 3.8) is 0 Å². The maximum Gasteiger partial charge on any atom is 0.346 e. The highest BCUT2D eigenvalue weighted by Gasteiger charge is 2.14. The summed E-state index contributed by atoms with van der Waals surface area (Å²) in [4.78, 5) is 24.2. The van der Waals surface area contributed by atoms with Gasteiger partial charge in [0.1, 0.15) is 5.82 Å². The molecule has 0 saturated heterocycles. The Bertz CT molecular complexity index is 1100. The maximum absolute atomic E-state index is 12.7. The molecule has 0 aliphatic heterocycles. The molecule has 0 fully saturated rings. The van der Waals surface area contributed by atoms with Gasteiger partial charge in [0.2, 0.25) is 0 Å². The molecule has 0 aliphatic rings. The Kier molecular flexibility index (Phi) is 6.30. The number of aromatic carboxylic acids is 1. The highest BCUT2D eigenvalue weighted by molar-refractivity contribution is 5.95. The van der Waals surface area contributed by atoms with Gasteiger partial charge in [-0.25, -0.2) is 14.3 Å². The zero-order valence-corrected chi connectivity index (χ0v) is 16.3. The van der Waals surface area contributed by atoms with Crippen molar-refractivity contribution < 1.29 is 9.90 Å². The van der Waals surface area contributed by atoms with Crippen molar-refractivity contribution in [1.82, 2.24) is 14.3 Å². The van der Waals surface area contributed by atoms with E-state index in [0.717, 1.165) is 17.5 Å². The highest BCUT2D eigenvalue weighted by atomic mass is 16.4. The van der Waals surface area contributed by atoms with E-state index in [4.69, 9.17) is 6.42 Å². The maximum atomic E-state index is 12.7. The van der Waals surface area contributed by atoms with Gasteiger partial charge in [0, 0.05) is 19.4 Å². The van der Waals surface area contributed by atoms with Crippen LogP contribution in [0, 0.1) is 12.3 Å². The number of nitrogens with zero attached hydrogens (tertiary/aromatic N) is 3. The lowest BCUT2D eigenvalue weighted by Crippen LogP contribution is -2.26. The van der Waals surface area contributed by atoms with Gasteiger partial charge >= 0.3 is 11.7 Å². The molecule has 3 aromatic rings. The number of hydrogen-bond acceptors (Lipinski definition) is 3. The average molecular weight is 389 g/mol. The number of hydrogen-bond donors (Lipinski definition) is 1. The van der Waals surface area contributed by atoms with Crippen LogP contribution in [0.2, 0.25) is 0 Å². The summed E-state index contributed by atoms with van der Waals surface area (Å²) in [5, 5.41) is 13.8. The number of carbonyl (C=O) groups is 1. The predicted octanol–water partition coefficient (Wildman–Crippen LogP) is 3.43. The minimum absolute atomic E-state index is 0.140. The van der Waals surface area contributed by atoms with Crippen molar-refractivity contribution in [2.75, 3.05) is 0 Å². The molecular formula is C23H23N3O3. The third kappa shape index (κ3) is 4.46. The van der Waals surface area contributed by atoms with Gasteiger partial charge in [-0.2, -0.15) is 5.10 Å². The van der Waals surface area contributed by atoms with Crippen LogP contribution in [0.25, 0.3) is 11.1 Å². The Balaban J connectivity index is 1.90. The van der Waals surface area contributed by atoms with E-state index in [2.05, 4.69) is 11.0 Å². The van der Waals surface area contributed by atoms with Crippen molar-refractivity contribution in [3.05, 3.63) is 76.0 Å². The first-order chi connectivity index (χ1) is 14.0. The van der Waals surface area contributed by atoms with E-state index >= 15 is 0 Å². The first kappa shape index (κ1) is 20.2. The number of terminal acetylenes is 1. The second-order valence-corrected chi connectivity index (χ2v) is 6.76. The van der Waals surface area contributed by atoms with Crippen LogP contribution >= 0.6 is 0 Å². The highest BCUT2D eigenvalue weighted by Crippen LogP contribution is 2.24. The molecule has 6 heteroatoms. The largest absolute Gasteiger partial charge is 0.478 e. The van der Waals surface area contributed by atoms with Crippen LogP contribution in [0.5, 0.6) is 0 Å². The van der Waals surface area contributed by atoms with Gasteiger partial charge in [-0.1, -0.05) is 49.4 Å². The monoisotopic (exact) mass is 389 g/mol. The molecule has 3 rings (SSSR count). The van der Waals surface area contributed by atoms with Gasteiger partial charge in [-0.3, -0.25) is 4.57 Å². The molecule has 0 saturated carbocycles. The zero-order chi connectivity index (χ0) is 20.8. The Morgan fingerprint density at radius 1 is 1.17 bits per heavy atom. The Morgan fingerprint density at radius 3 is 2.55 bits per heavy atom. The summed E-state index contributed by atoms with van der Waals surface area (Å²) >= 11 is 0. The first-order valence-corrected chi connectivity index (χ1v) is 9.56. The van der Waals surface area contributed by atoms with Gasteiger partial charge in [0.15, 0.2) is 0 Å². The fourth-order valence-corrected chi connectivity index (χ4v) is 3.26. The fraction of sp³-hybridized carbons (Fsp3) is 0.261. The molecule has 6 nitrogen and oxygen atoms in total. The lowest BCUT2D eigenvalue weighted by molar-refractivity contribution is 0.0697. The molecule has 1 aromatic heterocycles. The van der Waals surface area contributed by atoms with Crippen molar-refractivity contribution in [2.45, 2.75) is 39.3 Å². The molecule has 0 bridgehead atoms. The standard InChI is InChI=1S/C23H23N3O3/c1-3-5-10-21-24-26(15-4-2)23(29)25(21)16-17-11-13-18(14-12-17)19-8-6-7-9-20(19)22(27)28/h1,6-9,11-14H,4-5,10,15-16H2,2H3,(H,27,28). The van der Waals surface area contributed by atoms with Gasteiger partial charge in [0.05, 0.1) is 12.1 Å². The molecule has 29 heavy (non-hydrogen) atoms. The molecule has 1 heterocycles. The molecule has 0 spiro atoms. The quantitative estimate of drug-likeness (QED) is 0.599. The van der Waals surface area contributed by atoms with E-state index in [1.54, 1.807) is 22.8 Å². The summed E-state index contributed by atoms with van der Waals surface area (Å²) in [5.74, 6) is 2.32. The number of benzene rings is 2. The topological polar surface area (TPSA) is 77.1 Å². The van der Waals surface area contributed by atoms with E-state index in [-0.39, 0.29) is 11.3 Å². The van der Waals surface area contributed by atoms with E-state index in [1.807, 2.05) is 37.3 Å². The van der Waals surface area contributed by atoms with E-state index in [9.17, 15) is 14.7 Å². The molecule has 0 aliphatic carbocycles. The van der Waals surface area contributed by atoms with Gasteiger partial charge in [-0.15, -0.1) is 12.3 Å². The minimum Gasteiger partial charge on any atom is -0.478 e. The molecule has 2 aromatic carbocycles. The normalized spacial score (nSPS) is 10.6. The summed E-state index contributed by atoms with van der Waals surface area (Å²) in [5.41, 5.74) is 2.53. The van der Waals surface area contributed by atoms with Gasteiger partial charge < -0.3 is 5.11 Å². The Morgan fingerprint density at radius 2 is 1.90 bits per heavy atom. The van der Waals surface area contributed by atoms with Crippen LogP contribution in [-0.2, 0) is 19.5 Å². The molecule has 0 amide bonds. The van der Waals surface area contributed by atoms with Crippen LogP contribution in [0.1, 0.15) is 41.5 Å². The molecule has 0 atom stereocenters. The second-order valence-electron chi connectivity index (χ2n) is 6.76. The molecule has 0 unspecified atom stereocenters. The summed E-state index contributed by atoms with van der Waals surface area (Å²) in [6, 6.07) is 14.5. The third-order valence-electron chi connectivity index (χ3n) is 4.69. The Hall–Kier alpha value is -3.59. The number of aryl methyl sites for hydroxylation is 2. The van der Waals surface area contributed by atoms with Crippen LogP contribution in [0.3, 0.4) is 0 Å². The predicted molar refractivity (Wildman–Crippen MR) is 112 cm³/mol. The molecular weight excluding hydrogens is 366 g/mol. The average Bonchev–Trinajstić information content (AvgIpc) is 3.02. The van der Waals surface area contributed by atoms with E-state index in [0.29, 0.717) is 37.3 Å². The molecule has 1 N–H and O–H groups in total. The minimum atomic E-state index is -0.960. The summed E-state index contributed by atoms with van der Waals surface area (Å²) < 4.78 is 3.15. The summed E-state index contributed by atoms with van der Waals surface area (Å²) in [6.45, 7) is 2.96. The van der Waals surface area contributed by atoms with Crippen molar-refractivity contribution in [3.8, 4) is 23.5 Å². The van der Waals surface area contributed by atoms with Crippen LogP contribution < -0.4 is 5.69 Å². The van der Waals surface area contributed by atoms with Crippen molar-refractivity contribution >= 4 is 5.97 Å². The van der Waals surface area contributed by atoms with E-state index in [1.165, 1.54) is 4.68 Å². The lowest BCUT2D eigenvalue weighted by Gasteiger charge is -2.09. The van der Waals surface area contributed by atoms with Gasteiger partial charge in [-0.05, 0) is 29.2 Å². The van der Waals surface area contributed by atoms with Crippen LogP contribution in [-0.4, -0.2) is 25.4 Å². The van der Waals surface area contributed by atoms with Crippen LogP contribution in [0.15, 0.2) is 53.3 Å². The number of carboxylic acids is 1. The number of aromatic nitrogens is 3. The van der Waals surface area contributed by atoms with Crippen molar-refractivity contribution in [1.29, 1.82) is 0 Å². The van der Waals surface area contributed by atoms with Crippen molar-refractivity contribution in [2.24, 2.45) is 0 Å². The Labute approximate surface area is 169 Å². The summed E-state index contributed by atoms with van der Waals surface area (Å²) in [7, 11) is 0. The zero-order valence-electron chi connectivity index (χ0n) is 16.3. The smallest absolute Gasteiger partial charge is 0.346 e. The second kappa shape index (κ2) is 9.07. The first-order valence-electron chi connectivity index (χ1n) is 9.56. The lowest BCUT2D eigenvalue weighted by atomic mass is 9.99. The van der Waals surface area contributed by atoms with Gasteiger partial charge in [0.25, 0.3) is 0 Å². The fourth-order valence-electron chi connectivity index (χ4n) is 3.26. The summed E-state index contributed by atoms with van der Waals surface area (Å²) in [6.07, 6.45) is 7.27. The van der Waals surface area contributed by atoms with E-state index < -0.39 is 5.97 Å². The number of rotatable bonds is 8. The third-order valence-corrected chi connectivity index (χ3v) is 4.69.